The Bertz CT molecular complexity index is 376. The third-order valence-electron chi connectivity index (χ3n) is 3.06. The fraction of sp³-hybridized carbons (Fsp3) is 0.462. The van der Waals surface area contributed by atoms with Crippen molar-refractivity contribution in [3.05, 3.63) is 30.2 Å². The van der Waals surface area contributed by atoms with Crippen LogP contribution in [-0.4, -0.2) is 48.4 Å². The maximum atomic E-state index is 11.9. The molecular weight excluding hydrogens is 216 g/mol. The first-order valence-corrected chi connectivity index (χ1v) is 6.02. The summed E-state index contributed by atoms with van der Waals surface area (Å²) in [7, 11) is 0. The van der Waals surface area contributed by atoms with Crippen molar-refractivity contribution in [2.75, 3.05) is 32.7 Å². The van der Waals surface area contributed by atoms with Gasteiger partial charge in [0.2, 0.25) is 5.91 Å². The summed E-state index contributed by atoms with van der Waals surface area (Å²) in [5.74, 6) is 0.780. The smallest absolute Gasteiger partial charge is 0.246 e. The second kappa shape index (κ2) is 5.68. The molecule has 1 aromatic rings. The van der Waals surface area contributed by atoms with E-state index >= 15 is 0 Å². The summed E-state index contributed by atoms with van der Waals surface area (Å²) < 4.78 is 5.14. The van der Waals surface area contributed by atoms with E-state index < -0.39 is 0 Å². The molecule has 0 radical (unpaired) electrons. The Morgan fingerprint density at radius 2 is 2.18 bits per heavy atom. The monoisotopic (exact) mass is 234 g/mol. The average Bonchev–Trinajstić information content (AvgIpc) is 2.89. The molecule has 4 heteroatoms. The van der Waals surface area contributed by atoms with Crippen LogP contribution in [0.2, 0.25) is 0 Å². The highest BCUT2D eigenvalue weighted by Gasteiger charge is 2.18. The molecule has 1 saturated heterocycles. The van der Waals surface area contributed by atoms with Crippen LogP contribution in [0.3, 0.4) is 0 Å². The van der Waals surface area contributed by atoms with Gasteiger partial charge in [0, 0.05) is 32.3 Å². The van der Waals surface area contributed by atoms with E-state index in [1.54, 1.807) is 18.4 Å². The largest absolute Gasteiger partial charge is 0.465 e. The molecule has 0 atom stereocenters. The molecule has 1 amide bonds. The van der Waals surface area contributed by atoms with Gasteiger partial charge in [0.05, 0.1) is 6.26 Å². The molecule has 1 aromatic heterocycles. The van der Waals surface area contributed by atoms with Crippen molar-refractivity contribution < 1.29 is 9.21 Å². The molecule has 1 aliphatic heterocycles. The van der Waals surface area contributed by atoms with Crippen LogP contribution in [0.25, 0.3) is 6.08 Å². The van der Waals surface area contributed by atoms with Gasteiger partial charge in [0.25, 0.3) is 0 Å². The van der Waals surface area contributed by atoms with Gasteiger partial charge >= 0.3 is 0 Å². The Kier molecular flexibility index (Phi) is 3.98. The lowest BCUT2D eigenvalue weighted by Crippen LogP contribution is -2.48. The molecule has 4 nitrogen and oxygen atoms in total. The number of likely N-dealkylation sites (N-methyl/N-ethyl adjacent to an activating group) is 1. The van der Waals surface area contributed by atoms with Crippen LogP contribution >= 0.6 is 0 Å². The predicted octanol–water partition coefficient (Wildman–Crippen LogP) is 1.46. The summed E-state index contributed by atoms with van der Waals surface area (Å²) in [5.41, 5.74) is 0. The Labute approximate surface area is 101 Å². The van der Waals surface area contributed by atoms with Crippen LogP contribution in [0.1, 0.15) is 12.7 Å². The van der Waals surface area contributed by atoms with Gasteiger partial charge < -0.3 is 14.2 Å². The van der Waals surface area contributed by atoms with Gasteiger partial charge in [-0.3, -0.25) is 4.79 Å². The molecule has 1 fully saturated rings. The van der Waals surface area contributed by atoms with Crippen molar-refractivity contribution in [2.24, 2.45) is 0 Å². The van der Waals surface area contributed by atoms with Gasteiger partial charge in [-0.1, -0.05) is 6.92 Å². The highest BCUT2D eigenvalue weighted by atomic mass is 16.3. The number of rotatable bonds is 3. The van der Waals surface area contributed by atoms with Crippen molar-refractivity contribution in [1.82, 2.24) is 9.80 Å². The van der Waals surface area contributed by atoms with E-state index in [1.807, 2.05) is 17.0 Å². The fourth-order valence-corrected chi connectivity index (χ4v) is 1.93. The van der Waals surface area contributed by atoms with Crippen molar-refractivity contribution in [1.29, 1.82) is 0 Å². The normalized spacial score (nSPS) is 17.8. The molecule has 1 aliphatic rings. The van der Waals surface area contributed by atoms with Crippen molar-refractivity contribution in [2.45, 2.75) is 6.92 Å². The van der Waals surface area contributed by atoms with Crippen molar-refractivity contribution in [3.8, 4) is 0 Å². The van der Waals surface area contributed by atoms with E-state index in [4.69, 9.17) is 4.42 Å². The minimum atomic E-state index is 0.0668. The summed E-state index contributed by atoms with van der Waals surface area (Å²) >= 11 is 0. The summed E-state index contributed by atoms with van der Waals surface area (Å²) in [5, 5.41) is 0. The first-order chi connectivity index (χ1) is 8.29. The lowest BCUT2D eigenvalue weighted by Gasteiger charge is -2.33. The maximum absolute atomic E-state index is 11.9. The average molecular weight is 234 g/mol. The zero-order chi connectivity index (χ0) is 12.1. The first kappa shape index (κ1) is 11.9. The van der Waals surface area contributed by atoms with Crippen molar-refractivity contribution >= 4 is 12.0 Å². The SMILES string of the molecule is CCN1CCN(C(=O)C=Cc2ccco2)CC1. The second-order valence-corrected chi connectivity index (χ2v) is 4.11. The number of furan rings is 1. The number of piperazine rings is 1. The first-order valence-electron chi connectivity index (χ1n) is 6.02. The zero-order valence-corrected chi connectivity index (χ0v) is 10.1. The number of hydrogen-bond donors (Lipinski definition) is 0. The van der Waals surface area contributed by atoms with E-state index in [9.17, 15) is 4.79 Å². The molecule has 0 N–H and O–H groups in total. The van der Waals surface area contributed by atoms with Gasteiger partial charge in [-0.2, -0.15) is 0 Å². The van der Waals surface area contributed by atoms with Gasteiger partial charge in [-0.25, -0.2) is 0 Å². The van der Waals surface area contributed by atoms with E-state index in [0.717, 1.165) is 32.7 Å². The molecule has 2 rings (SSSR count). The highest BCUT2D eigenvalue weighted by molar-refractivity contribution is 5.91. The number of hydrogen-bond acceptors (Lipinski definition) is 3. The topological polar surface area (TPSA) is 36.7 Å². The molecule has 0 saturated carbocycles. The Balaban J connectivity index is 1.85. The van der Waals surface area contributed by atoms with E-state index in [2.05, 4.69) is 11.8 Å². The quantitative estimate of drug-likeness (QED) is 0.743. The summed E-state index contributed by atoms with van der Waals surface area (Å²) in [6.07, 6.45) is 4.90. The molecular formula is C13H18N2O2. The summed E-state index contributed by atoms with van der Waals surface area (Å²) in [6, 6.07) is 3.64. The third-order valence-corrected chi connectivity index (χ3v) is 3.06. The summed E-state index contributed by atoms with van der Waals surface area (Å²) in [6.45, 7) is 6.77. The van der Waals surface area contributed by atoms with Crippen LogP contribution in [0.5, 0.6) is 0 Å². The molecule has 2 heterocycles. The van der Waals surface area contributed by atoms with Crippen LogP contribution in [0, 0.1) is 0 Å². The standard InChI is InChI=1S/C13H18N2O2/c1-2-14-7-9-15(10-8-14)13(16)6-5-12-4-3-11-17-12/h3-6,11H,2,7-10H2,1H3. The minimum absolute atomic E-state index is 0.0668. The number of carbonyl (C=O) groups excluding carboxylic acids is 1. The van der Waals surface area contributed by atoms with Gasteiger partial charge in [-0.15, -0.1) is 0 Å². The Morgan fingerprint density at radius 3 is 2.76 bits per heavy atom. The number of carbonyl (C=O) groups is 1. The fourth-order valence-electron chi connectivity index (χ4n) is 1.93. The zero-order valence-electron chi connectivity index (χ0n) is 10.1. The van der Waals surface area contributed by atoms with Gasteiger partial charge in [-0.05, 0) is 24.8 Å². The minimum Gasteiger partial charge on any atom is -0.465 e. The Hall–Kier alpha value is -1.55. The van der Waals surface area contributed by atoms with Crippen LogP contribution in [-0.2, 0) is 4.79 Å². The molecule has 92 valence electrons. The van der Waals surface area contributed by atoms with Crippen LogP contribution in [0.15, 0.2) is 28.9 Å². The molecule has 0 aliphatic carbocycles. The number of amides is 1. The molecule has 0 aromatic carbocycles. The van der Waals surface area contributed by atoms with E-state index in [0.29, 0.717) is 5.76 Å². The van der Waals surface area contributed by atoms with Gasteiger partial charge in [0.1, 0.15) is 5.76 Å². The van der Waals surface area contributed by atoms with Crippen molar-refractivity contribution in [3.63, 3.8) is 0 Å². The number of nitrogens with zero attached hydrogens (tertiary/aromatic N) is 2. The van der Waals surface area contributed by atoms with Crippen LogP contribution < -0.4 is 0 Å². The van der Waals surface area contributed by atoms with E-state index in [-0.39, 0.29) is 5.91 Å². The summed E-state index contributed by atoms with van der Waals surface area (Å²) in [4.78, 5) is 16.1. The lowest BCUT2D eigenvalue weighted by molar-refractivity contribution is -0.127. The molecule has 0 bridgehead atoms. The Morgan fingerprint density at radius 1 is 1.41 bits per heavy atom. The highest BCUT2D eigenvalue weighted by Crippen LogP contribution is 2.05. The molecule has 0 spiro atoms. The molecule has 17 heavy (non-hydrogen) atoms. The third kappa shape index (κ3) is 3.20. The predicted molar refractivity (Wildman–Crippen MR) is 66.4 cm³/mol. The second-order valence-electron chi connectivity index (χ2n) is 4.11. The molecule has 0 unspecified atom stereocenters. The van der Waals surface area contributed by atoms with Crippen LogP contribution in [0.4, 0.5) is 0 Å². The lowest BCUT2D eigenvalue weighted by atomic mass is 10.3. The van der Waals surface area contributed by atoms with E-state index in [1.165, 1.54) is 0 Å². The van der Waals surface area contributed by atoms with Gasteiger partial charge in [0.15, 0.2) is 0 Å². The maximum Gasteiger partial charge on any atom is 0.246 e.